The average Bonchev–Trinajstić information content (AvgIpc) is 3.52. The van der Waals surface area contributed by atoms with Crippen molar-refractivity contribution in [2.24, 2.45) is 0 Å². The van der Waals surface area contributed by atoms with Gasteiger partial charge in [0.2, 0.25) is 0 Å². The Morgan fingerprint density at radius 2 is 0.780 bits per heavy atom. The Bertz CT molecular complexity index is 3520. The lowest BCUT2D eigenvalue weighted by molar-refractivity contribution is 0.660. The zero-order valence-electron chi connectivity index (χ0n) is 33.1. The van der Waals surface area contributed by atoms with Crippen LogP contribution < -0.4 is 0 Å². The van der Waals surface area contributed by atoms with Gasteiger partial charge in [-0.05, 0) is 145 Å². The quantitative estimate of drug-likeness (QED) is 0.124. The molecule has 0 aliphatic heterocycles. The molecule has 1 aliphatic carbocycles. The standard InChI is InChI=1S/C59H40/c1-59(2)55-28-12-11-24-48(55)53-36-42(30-32-56(53)59)58-50-26-10-9-25-49(50)57(51-31-29-40(35-54(51)58)44-27-14-17-37-15-3-5-20-43(37)44)41-19-13-18-38(33-41)52-34-39-16-4-6-21-45(39)46-22-7-8-23-47(46)52/h3-36H,1-2H3. The number of hydrogen-bond acceptors (Lipinski definition) is 0. The summed E-state index contributed by atoms with van der Waals surface area (Å²) >= 11 is 0. The highest BCUT2D eigenvalue weighted by molar-refractivity contribution is 6.23. The summed E-state index contributed by atoms with van der Waals surface area (Å²) in [5.41, 5.74) is 15.4. The van der Waals surface area contributed by atoms with E-state index in [2.05, 4.69) is 220 Å². The highest BCUT2D eigenvalue weighted by Gasteiger charge is 2.35. The smallest absolute Gasteiger partial charge is 0.0158 e. The van der Waals surface area contributed by atoms with Gasteiger partial charge in [-0.1, -0.05) is 196 Å². The summed E-state index contributed by atoms with van der Waals surface area (Å²) in [6.45, 7) is 4.73. The maximum absolute atomic E-state index is 2.47. The van der Waals surface area contributed by atoms with Crippen LogP contribution in [0.25, 0.3) is 109 Å². The predicted molar refractivity (Wildman–Crippen MR) is 253 cm³/mol. The molecule has 0 radical (unpaired) electrons. The van der Waals surface area contributed by atoms with Gasteiger partial charge in [0.05, 0.1) is 0 Å². The van der Waals surface area contributed by atoms with E-state index < -0.39 is 0 Å². The lowest BCUT2D eigenvalue weighted by Gasteiger charge is -2.22. The van der Waals surface area contributed by atoms with Crippen LogP contribution in [0.3, 0.4) is 0 Å². The van der Waals surface area contributed by atoms with Crippen LogP contribution in [-0.2, 0) is 5.41 Å². The highest BCUT2D eigenvalue weighted by Crippen LogP contribution is 2.52. The summed E-state index contributed by atoms with van der Waals surface area (Å²) in [7, 11) is 0. The van der Waals surface area contributed by atoms with Crippen molar-refractivity contribution >= 4 is 53.9 Å². The molecule has 0 spiro atoms. The fourth-order valence-corrected chi connectivity index (χ4v) is 10.5. The van der Waals surface area contributed by atoms with Gasteiger partial charge in [0, 0.05) is 5.41 Å². The van der Waals surface area contributed by atoms with Gasteiger partial charge in [0.1, 0.15) is 0 Å². The van der Waals surface area contributed by atoms with E-state index in [1.54, 1.807) is 0 Å². The molecule has 0 fully saturated rings. The van der Waals surface area contributed by atoms with E-state index in [0.29, 0.717) is 0 Å². The Kier molecular flexibility index (Phi) is 7.38. The molecule has 0 unspecified atom stereocenters. The molecule has 0 amide bonds. The fourth-order valence-electron chi connectivity index (χ4n) is 10.5. The molecule has 11 aromatic carbocycles. The maximum atomic E-state index is 2.47. The lowest BCUT2D eigenvalue weighted by atomic mass is 9.81. The second-order valence-electron chi connectivity index (χ2n) is 16.8. The van der Waals surface area contributed by atoms with Crippen LogP contribution in [0.5, 0.6) is 0 Å². The number of rotatable bonds is 4. The summed E-state index contributed by atoms with van der Waals surface area (Å²) in [6, 6.07) is 77.2. The van der Waals surface area contributed by atoms with E-state index >= 15 is 0 Å². The van der Waals surface area contributed by atoms with Crippen molar-refractivity contribution in [2.45, 2.75) is 19.3 Å². The second kappa shape index (κ2) is 12.9. The molecule has 59 heavy (non-hydrogen) atoms. The van der Waals surface area contributed by atoms with Crippen molar-refractivity contribution < 1.29 is 0 Å². The van der Waals surface area contributed by atoms with E-state index in [0.717, 1.165) is 0 Å². The van der Waals surface area contributed by atoms with Crippen LogP contribution in [0, 0.1) is 0 Å². The fraction of sp³-hybridized carbons (Fsp3) is 0.0508. The van der Waals surface area contributed by atoms with Crippen molar-refractivity contribution in [3.8, 4) is 55.6 Å². The van der Waals surface area contributed by atoms with E-state index in [9.17, 15) is 0 Å². The topological polar surface area (TPSA) is 0 Å². The van der Waals surface area contributed by atoms with Gasteiger partial charge in [0.15, 0.2) is 0 Å². The number of benzene rings is 11. The predicted octanol–water partition coefficient (Wildman–Crippen LogP) is 16.4. The Balaban J connectivity index is 1.15. The summed E-state index contributed by atoms with van der Waals surface area (Å²) in [4.78, 5) is 0. The van der Waals surface area contributed by atoms with Crippen molar-refractivity contribution in [1.29, 1.82) is 0 Å². The minimum atomic E-state index is -0.0542. The first-order valence-electron chi connectivity index (χ1n) is 20.8. The monoisotopic (exact) mass is 748 g/mol. The first kappa shape index (κ1) is 33.8. The SMILES string of the molecule is CC1(C)c2ccccc2-c2cc(-c3c4ccccc4c(-c4cccc(-c5cc6ccccc6c6ccccc56)c4)c4ccc(-c5cccc6ccccc56)cc34)ccc21. The van der Waals surface area contributed by atoms with E-state index in [1.165, 1.54) is 121 Å². The van der Waals surface area contributed by atoms with Gasteiger partial charge in [-0.15, -0.1) is 0 Å². The van der Waals surface area contributed by atoms with Crippen molar-refractivity contribution in [3.05, 3.63) is 217 Å². The number of hydrogen-bond donors (Lipinski definition) is 0. The molecule has 0 saturated heterocycles. The minimum Gasteiger partial charge on any atom is -0.0619 e. The van der Waals surface area contributed by atoms with Gasteiger partial charge >= 0.3 is 0 Å². The van der Waals surface area contributed by atoms with E-state index in [1.807, 2.05) is 0 Å². The normalized spacial score (nSPS) is 13.1. The second-order valence-corrected chi connectivity index (χ2v) is 16.8. The van der Waals surface area contributed by atoms with Gasteiger partial charge in [-0.3, -0.25) is 0 Å². The van der Waals surface area contributed by atoms with Crippen molar-refractivity contribution in [2.75, 3.05) is 0 Å². The van der Waals surface area contributed by atoms with Crippen LogP contribution in [0.15, 0.2) is 206 Å². The average molecular weight is 749 g/mol. The molecular weight excluding hydrogens is 709 g/mol. The van der Waals surface area contributed by atoms with Gasteiger partial charge in [-0.2, -0.15) is 0 Å². The third-order valence-corrected chi connectivity index (χ3v) is 13.2. The Hall–Kier alpha value is -7.28. The molecule has 0 heterocycles. The van der Waals surface area contributed by atoms with Gasteiger partial charge in [-0.25, -0.2) is 0 Å². The van der Waals surface area contributed by atoms with Crippen LogP contribution in [0.1, 0.15) is 25.0 Å². The molecular formula is C59H40. The minimum absolute atomic E-state index is 0.0542. The molecule has 0 atom stereocenters. The van der Waals surface area contributed by atoms with Crippen molar-refractivity contribution in [1.82, 2.24) is 0 Å². The van der Waals surface area contributed by atoms with E-state index in [-0.39, 0.29) is 5.41 Å². The van der Waals surface area contributed by atoms with Crippen LogP contribution in [0.2, 0.25) is 0 Å². The van der Waals surface area contributed by atoms with Gasteiger partial charge in [0.25, 0.3) is 0 Å². The Labute approximate surface area is 344 Å². The molecule has 0 N–H and O–H groups in total. The molecule has 12 rings (SSSR count). The summed E-state index contributed by atoms with van der Waals surface area (Å²) in [6.07, 6.45) is 0. The maximum Gasteiger partial charge on any atom is 0.0158 e. The van der Waals surface area contributed by atoms with Crippen molar-refractivity contribution in [3.63, 3.8) is 0 Å². The summed E-state index contributed by atoms with van der Waals surface area (Å²) < 4.78 is 0. The first-order chi connectivity index (χ1) is 29.0. The first-order valence-corrected chi connectivity index (χ1v) is 20.8. The molecule has 0 nitrogen and oxygen atoms in total. The summed E-state index contributed by atoms with van der Waals surface area (Å²) in [5, 5.41) is 12.7. The molecule has 276 valence electrons. The molecule has 1 aliphatic rings. The zero-order chi connectivity index (χ0) is 39.2. The molecule has 0 saturated carbocycles. The van der Waals surface area contributed by atoms with Crippen LogP contribution in [-0.4, -0.2) is 0 Å². The lowest BCUT2D eigenvalue weighted by Crippen LogP contribution is -2.14. The number of fused-ring (bicyclic) bond motifs is 9. The Morgan fingerprint density at radius 3 is 1.61 bits per heavy atom. The molecule has 0 aromatic heterocycles. The highest BCUT2D eigenvalue weighted by atomic mass is 14.4. The zero-order valence-corrected chi connectivity index (χ0v) is 33.1. The largest absolute Gasteiger partial charge is 0.0619 e. The Morgan fingerprint density at radius 1 is 0.254 bits per heavy atom. The van der Waals surface area contributed by atoms with Crippen LogP contribution in [0.4, 0.5) is 0 Å². The third kappa shape index (κ3) is 5.09. The van der Waals surface area contributed by atoms with Gasteiger partial charge < -0.3 is 0 Å². The summed E-state index contributed by atoms with van der Waals surface area (Å²) in [5.74, 6) is 0. The molecule has 11 aromatic rings. The molecule has 0 heteroatoms. The third-order valence-electron chi connectivity index (χ3n) is 13.2. The van der Waals surface area contributed by atoms with E-state index in [4.69, 9.17) is 0 Å². The molecule has 0 bridgehead atoms. The van der Waals surface area contributed by atoms with Crippen LogP contribution >= 0.6 is 0 Å².